The van der Waals surface area contributed by atoms with E-state index < -0.39 is 0 Å². The molecule has 4 atom stereocenters. The van der Waals surface area contributed by atoms with Gasteiger partial charge in [0, 0.05) is 6.04 Å². The molecule has 24 heavy (non-hydrogen) atoms. The van der Waals surface area contributed by atoms with Crippen molar-refractivity contribution in [1.29, 1.82) is 0 Å². The van der Waals surface area contributed by atoms with Gasteiger partial charge in [0.25, 0.3) is 0 Å². The predicted molar refractivity (Wildman–Crippen MR) is 90.6 cm³/mol. The van der Waals surface area contributed by atoms with E-state index in [1.807, 2.05) is 41.3 Å². The Morgan fingerprint density at radius 3 is 2.46 bits per heavy atom. The molecule has 2 fully saturated rings. The summed E-state index contributed by atoms with van der Waals surface area (Å²) in [6, 6.07) is 20.6. The van der Waals surface area contributed by atoms with E-state index >= 15 is 0 Å². The smallest absolute Gasteiger partial charge is 0.410 e. The molecule has 0 bridgehead atoms. The lowest BCUT2D eigenvalue weighted by Gasteiger charge is -2.44. The molecule has 124 valence electrons. The average molecular weight is 323 g/mol. The van der Waals surface area contributed by atoms with Gasteiger partial charge in [-0.2, -0.15) is 0 Å². The lowest BCUT2D eigenvalue weighted by molar-refractivity contribution is -0.162. The van der Waals surface area contributed by atoms with E-state index in [9.17, 15) is 4.79 Å². The van der Waals surface area contributed by atoms with Crippen molar-refractivity contribution in [2.75, 3.05) is 7.11 Å². The minimum Gasteiger partial charge on any atom is -0.453 e. The number of likely N-dealkylation sites (tertiary alicyclic amines) is 1. The molecule has 4 nitrogen and oxygen atoms in total. The van der Waals surface area contributed by atoms with Crippen LogP contribution in [0.1, 0.15) is 23.7 Å². The summed E-state index contributed by atoms with van der Waals surface area (Å²) in [5, 5.41) is 0. The normalized spacial score (nSPS) is 28.1. The fraction of sp³-hybridized carbons (Fsp3) is 0.350. The largest absolute Gasteiger partial charge is 0.453 e. The van der Waals surface area contributed by atoms with Gasteiger partial charge in [0.15, 0.2) is 0 Å². The zero-order valence-corrected chi connectivity index (χ0v) is 13.7. The molecule has 2 aliphatic heterocycles. The zero-order chi connectivity index (χ0) is 16.5. The third kappa shape index (κ3) is 2.57. The van der Waals surface area contributed by atoms with E-state index in [0.717, 1.165) is 18.4 Å². The van der Waals surface area contributed by atoms with Crippen molar-refractivity contribution in [3.63, 3.8) is 0 Å². The van der Waals surface area contributed by atoms with Gasteiger partial charge in [0.2, 0.25) is 0 Å². The lowest BCUT2D eigenvalue weighted by atomic mass is 9.92. The molecule has 0 spiro atoms. The molecular formula is C20H21NO3. The van der Waals surface area contributed by atoms with Crippen molar-refractivity contribution >= 4 is 6.09 Å². The Balaban J connectivity index is 1.58. The van der Waals surface area contributed by atoms with Gasteiger partial charge in [-0.05, 0) is 24.0 Å². The van der Waals surface area contributed by atoms with E-state index in [4.69, 9.17) is 9.47 Å². The highest BCUT2D eigenvalue weighted by atomic mass is 16.6. The van der Waals surface area contributed by atoms with Gasteiger partial charge in [-0.15, -0.1) is 0 Å². The van der Waals surface area contributed by atoms with Gasteiger partial charge in [0.05, 0.1) is 19.3 Å². The highest BCUT2D eigenvalue weighted by Crippen LogP contribution is 2.47. The van der Waals surface area contributed by atoms with Gasteiger partial charge in [-0.25, -0.2) is 4.79 Å². The molecule has 2 aliphatic rings. The number of fused-ring (bicyclic) bond motifs is 1. The maximum Gasteiger partial charge on any atom is 0.410 e. The van der Waals surface area contributed by atoms with E-state index in [-0.39, 0.29) is 30.4 Å². The van der Waals surface area contributed by atoms with E-state index in [2.05, 4.69) is 24.3 Å². The zero-order valence-electron chi connectivity index (χ0n) is 13.7. The Morgan fingerprint density at radius 2 is 1.79 bits per heavy atom. The summed E-state index contributed by atoms with van der Waals surface area (Å²) in [5.74, 6) is 0. The third-order valence-electron chi connectivity index (χ3n) is 5.06. The van der Waals surface area contributed by atoms with Gasteiger partial charge >= 0.3 is 6.09 Å². The molecule has 2 aromatic rings. The maximum atomic E-state index is 12.4. The summed E-state index contributed by atoms with van der Waals surface area (Å²) < 4.78 is 11.2. The van der Waals surface area contributed by atoms with Crippen molar-refractivity contribution in [2.45, 2.75) is 37.1 Å². The number of ether oxygens (including phenoxy) is 2. The molecule has 2 heterocycles. The topological polar surface area (TPSA) is 38.8 Å². The van der Waals surface area contributed by atoms with Gasteiger partial charge in [-0.1, -0.05) is 60.7 Å². The van der Waals surface area contributed by atoms with Crippen LogP contribution in [0.15, 0.2) is 60.7 Å². The molecule has 1 amide bonds. The second-order valence-corrected chi connectivity index (χ2v) is 6.45. The number of benzene rings is 2. The average Bonchev–Trinajstić information content (AvgIpc) is 2.88. The Hall–Kier alpha value is -2.33. The second kappa shape index (κ2) is 6.29. The minimum absolute atomic E-state index is 0.0592. The molecule has 0 unspecified atom stereocenters. The number of hydrogen-bond acceptors (Lipinski definition) is 3. The quantitative estimate of drug-likeness (QED) is 0.866. The Labute approximate surface area is 142 Å². The number of rotatable bonds is 3. The van der Waals surface area contributed by atoms with E-state index in [1.54, 1.807) is 0 Å². The predicted octanol–water partition coefficient (Wildman–Crippen LogP) is 3.58. The monoisotopic (exact) mass is 323 g/mol. The van der Waals surface area contributed by atoms with Crippen molar-refractivity contribution in [3.05, 3.63) is 71.8 Å². The maximum absolute atomic E-state index is 12.4. The standard InChI is InChI=1S/C20H21NO3/c1-23-20(22)21-16(12-14-8-4-2-5-9-14)13-17-18(21)19(24-17)15-10-6-3-7-11-15/h2-11,16-19H,12-13H2,1H3/t16-,17+,18-,19-/m1/s1. The second-order valence-electron chi connectivity index (χ2n) is 6.45. The lowest BCUT2D eigenvalue weighted by Crippen LogP contribution is -2.54. The third-order valence-corrected chi connectivity index (χ3v) is 5.06. The molecule has 0 aliphatic carbocycles. The number of carbonyl (C=O) groups excluding carboxylic acids is 1. The van der Waals surface area contributed by atoms with Crippen LogP contribution < -0.4 is 0 Å². The first-order chi connectivity index (χ1) is 11.8. The molecule has 0 aromatic heterocycles. The van der Waals surface area contributed by atoms with Crippen LogP contribution in [-0.4, -0.2) is 36.3 Å². The first-order valence-electron chi connectivity index (χ1n) is 8.38. The van der Waals surface area contributed by atoms with E-state index in [0.29, 0.717) is 0 Å². The van der Waals surface area contributed by atoms with Crippen LogP contribution in [0.2, 0.25) is 0 Å². The van der Waals surface area contributed by atoms with E-state index in [1.165, 1.54) is 12.7 Å². The fourth-order valence-corrected chi connectivity index (χ4v) is 3.96. The van der Waals surface area contributed by atoms with Crippen LogP contribution in [0.25, 0.3) is 0 Å². The van der Waals surface area contributed by atoms with Crippen molar-refractivity contribution in [1.82, 2.24) is 4.90 Å². The molecule has 4 rings (SSSR count). The van der Waals surface area contributed by atoms with Crippen molar-refractivity contribution in [2.24, 2.45) is 0 Å². The van der Waals surface area contributed by atoms with Crippen LogP contribution >= 0.6 is 0 Å². The number of amides is 1. The van der Waals surface area contributed by atoms with Gasteiger partial charge in [0.1, 0.15) is 6.10 Å². The Bertz CT molecular complexity index is 703. The molecule has 0 N–H and O–H groups in total. The first kappa shape index (κ1) is 15.2. The van der Waals surface area contributed by atoms with Crippen molar-refractivity contribution < 1.29 is 14.3 Å². The summed E-state index contributed by atoms with van der Waals surface area (Å²) in [6.07, 6.45) is 1.47. The van der Waals surface area contributed by atoms with Crippen molar-refractivity contribution in [3.8, 4) is 0 Å². The molecule has 2 aromatic carbocycles. The SMILES string of the molecule is COC(=O)N1[C@H](Cc2ccccc2)C[C@@H]2O[C@H](c3ccccc3)[C@@H]21. The molecule has 2 saturated heterocycles. The Morgan fingerprint density at radius 1 is 1.12 bits per heavy atom. The minimum atomic E-state index is -0.257. The summed E-state index contributed by atoms with van der Waals surface area (Å²) in [7, 11) is 1.45. The highest BCUT2D eigenvalue weighted by Gasteiger charge is 2.56. The molecule has 0 saturated carbocycles. The van der Waals surface area contributed by atoms with Crippen LogP contribution in [0.3, 0.4) is 0 Å². The van der Waals surface area contributed by atoms with Crippen LogP contribution in [-0.2, 0) is 15.9 Å². The van der Waals surface area contributed by atoms with Crippen LogP contribution in [0.5, 0.6) is 0 Å². The number of carbonyl (C=O) groups is 1. The number of nitrogens with zero attached hydrogens (tertiary/aromatic N) is 1. The summed E-state index contributed by atoms with van der Waals surface area (Å²) in [6.45, 7) is 0. The van der Waals surface area contributed by atoms with Gasteiger partial charge < -0.3 is 9.47 Å². The summed E-state index contributed by atoms with van der Waals surface area (Å²) in [4.78, 5) is 14.3. The van der Waals surface area contributed by atoms with Crippen LogP contribution in [0, 0.1) is 0 Å². The number of hydrogen-bond donors (Lipinski definition) is 0. The molecule has 0 radical (unpaired) electrons. The fourth-order valence-electron chi connectivity index (χ4n) is 3.96. The summed E-state index contributed by atoms with van der Waals surface area (Å²) >= 11 is 0. The Kier molecular flexibility index (Phi) is 3.98. The summed E-state index contributed by atoms with van der Waals surface area (Å²) in [5.41, 5.74) is 2.35. The highest BCUT2D eigenvalue weighted by molar-refractivity contribution is 5.69. The van der Waals surface area contributed by atoms with Gasteiger partial charge in [-0.3, -0.25) is 4.90 Å². The van der Waals surface area contributed by atoms with Crippen LogP contribution in [0.4, 0.5) is 4.79 Å². The number of methoxy groups -OCH3 is 1. The molecule has 4 heteroatoms. The molecular weight excluding hydrogens is 302 g/mol. The first-order valence-corrected chi connectivity index (χ1v) is 8.38.